The standard InChI is InChI=1S/C20H21N3O2S/c1-15-22-17(14-26-15)13-23(2)20(24)21-12-16-8-6-7-11-19(16)25-18-9-4-3-5-10-18/h3-11,14H,12-13H2,1-2H3,(H,21,24). The van der Waals surface area contributed by atoms with Crippen LogP contribution in [0.4, 0.5) is 4.79 Å². The largest absolute Gasteiger partial charge is 0.457 e. The van der Waals surface area contributed by atoms with Gasteiger partial charge in [0, 0.05) is 24.5 Å². The van der Waals surface area contributed by atoms with Gasteiger partial charge in [0.2, 0.25) is 0 Å². The third-order valence-electron chi connectivity index (χ3n) is 3.79. The molecule has 0 saturated heterocycles. The van der Waals surface area contributed by atoms with Gasteiger partial charge in [-0.2, -0.15) is 0 Å². The number of thiazole rings is 1. The summed E-state index contributed by atoms with van der Waals surface area (Å²) in [5, 5.41) is 5.91. The number of hydrogen-bond donors (Lipinski definition) is 1. The van der Waals surface area contributed by atoms with Crippen LogP contribution in [0.3, 0.4) is 0 Å². The number of benzene rings is 2. The smallest absolute Gasteiger partial charge is 0.317 e. The Labute approximate surface area is 157 Å². The van der Waals surface area contributed by atoms with Gasteiger partial charge in [-0.1, -0.05) is 36.4 Å². The maximum absolute atomic E-state index is 12.3. The van der Waals surface area contributed by atoms with Crippen molar-refractivity contribution in [3.8, 4) is 11.5 Å². The van der Waals surface area contributed by atoms with Crippen LogP contribution in [-0.4, -0.2) is 23.0 Å². The number of carbonyl (C=O) groups excluding carboxylic acids is 1. The van der Waals surface area contributed by atoms with Gasteiger partial charge in [0.05, 0.1) is 17.2 Å². The predicted molar refractivity (Wildman–Crippen MR) is 104 cm³/mol. The van der Waals surface area contributed by atoms with E-state index in [4.69, 9.17) is 4.74 Å². The molecule has 5 nitrogen and oxygen atoms in total. The number of amides is 2. The lowest BCUT2D eigenvalue weighted by molar-refractivity contribution is 0.206. The van der Waals surface area contributed by atoms with E-state index < -0.39 is 0 Å². The van der Waals surface area contributed by atoms with Crippen molar-refractivity contribution in [1.29, 1.82) is 0 Å². The number of carbonyl (C=O) groups is 1. The highest BCUT2D eigenvalue weighted by atomic mass is 32.1. The van der Waals surface area contributed by atoms with Gasteiger partial charge in [0.25, 0.3) is 0 Å². The minimum absolute atomic E-state index is 0.148. The highest BCUT2D eigenvalue weighted by Gasteiger charge is 2.12. The molecular weight excluding hydrogens is 346 g/mol. The molecule has 3 aromatic rings. The molecule has 0 aliphatic carbocycles. The van der Waals surface area contributed by atoms with Gasteiger partial charge in [-0.25, -0.2) is 9.78 Å². The first-order valence-corrected chi connectivity index (χ1v) is 9.20. The molecule has 0 atom stereocenters. The van der Waals surface area contributed by atoms with E-state index in [2.05, 4.69) is 10.3 Å². The molecule has 3 rings (SSSR count). The zero-order valence-corrected chi connectivity index (χ0v) is 15.6. The summed E-state index contributed by atoms with van der Waals surface area (Å²) in [6, 6.07) is 17.1. The Balaban J connectivity index is 1.59. The molecule has 1 aromatic heterocycles. The fourth-order valence-electron chi connectivity index (χ4n) is 2.47. The number of hydrogen-bond acceptors (Lipinski definition) is 4. The minimum Gasteiger partial charge on any atom is -0.457 e. The van der Waals surface area contributed by atoms with E-state index in [0.717, 1.165) is 27.8 Å². The van der Waals surface area contributed by atoms with Crippen molar-refractivity contribution in [3.05, 3.63) is 76.2 Å². The van der Waals surface area contributed by atoms with E-state index in [0.29, 0.717) is 13.1 Å². The highest BCUT2D eigenvalue weighted by Crippen LogP contribution is 2.24. The van der Waals surface area contributed by atoms with Crippen molar-refractivity contribution in [2.24, 2.45) is 0 Å². The molecule has 0 radical (unpaired) electrons. The Morgan fingerprint density at radius 2 is 1.88 bits per heavy atom. The lowest BCUT2D eigenvalue weighted by atomic mass is 10.2. The van der Waals surface area contributed by atoms with Crippen LogP contribution in [0.5, 0.6) is 11.5 Å². The third kappa shape index (κ3) is 4.83. The summed E-state index contributed by atoms with van der Waals surface area (Å²) < 4.78 is 5.93. The van der Waals surface area contributed by atoms with E-state index in [-0.39, 0.29) is 6.03 Å². The molecule has 0 spiro atoms. The molecule has 0 aliphatic heterocycles. The van der Waals surface area contributed by atoms with E-state index >= 15 is 0 Å². The molecule has 0 fully saturated rings. The van der Waals surface area contributed by atoms with Crippen molar-refractivity contribution in [3.63, 3.8) is 0 Å². The molecule has 2 amide bonds. The van der Waals surface area contributed by atoms with Crippen molar-refractivity contribution in [1.82, 2.24) is 15.2 Å². The predicted octanol–water partition coefficient (Wildman–Crippen LogP) is 4.59. The van der Waals surface area contributed by atoms with Crippen molar-refractivity contribution >= 4 is 17.4 Å². The van der Waals surface area contributed by atoms with Crippen LogP contribution in [0.2, 0.25) is 0 Å². The average molecular weight is 367 g/mol. The molecule has 134 valence electrons. The summed E-state index contributed by atoms with van der Waals surface area (Å²) in [5.74, 6) is 1.50. The Bertz CT molecular complexity index is 864. The zero-order valence-electron chi connectivity index (χ0n) is 14.8. The maximum Gasteiger partial charge on any atom is 0.317 e. The fourth-order valence-corrected chi connectivity index (χ4v) is 3.07. The molecule has 6 heteroatoms. The summed E-state index contributed by atoms with van der Waals surface area (Å²) >= 11 is 1.59. The number of nitrogens with zero attached hydrogens (tertiary/aromatic N) is 2. The van der Waals surface area contributed by atoms with Crippen LogP contribution in [0, 0.1) is 6.92 Å². The summed E-state index contributed by atoms with van der Waals surface area (Å²) in [6.07, 6.45) is 0. The number of ether oxygens (including phenoxy) is 1. The van der Waals surface area contributed by atoms with Gasteiger partial charge >= 0.3 is 6.03 Å². The zero-order chi connectivity index (χ0) is 18.4. The maximum atomic E-state index is 12.3. The van der Waals surface area contributed by atoms with Crippen LogP contribution in [0.1, 0.15) is 16.3 Å². The first-order valence-electron chi connectivity index (χ1n) is 8.32. The SMILES string of the molecule is Cc1nc(CN(C)C(=O)NCc2ccccc2Oc2ccccc2)cs1. The van der Waals surface area contributed by atoms with Gasteiger partial charge in [0.1, 0.15) is 11.5 Å². The first kappa shape index (κ1) is 17.9. The Morgan fingerprint density at radius 1 is 1.15 bits per heavy atom. The van der Waals surface area contributed by atoms with E-state index in [1.807, 2.05) is 66.9 Å². The lowest BCUT2D eigenvalue weighted by Crippen LogP contribution is -2.36. The molecule has 1 N–H and O–H groups in total. The number of rotatable bonds is 6. The van der Waals surface area contributed by atoms with Crippen molar-refractivity contribution in [2.45, 2.75) is 20.0 Å². The Kier molecular flexibility index (Phi) is 5.86. The number of aromatic nitrogens is 1. The summed E-state index contributed by atoms with van der Waals surface area (Å²) in [6.45, 7) is 2.83. The van der Waals surface area contributed by atoms with Gasteiger partial charge in [0.15, 0.2) is 0 Å². The monoisotopic (exact) mass is 367 g/mol. The average Bonchev–Trinajstić information content (AvgIpc) is 3.06. The molecule has 2 aromatic carbocycles. The van der Waals surface area contributed by atoms with Gasteiger partial charge in [-0.15, -0.1) is 11.3 Å². The quantitative estimate of drug-likeness (QED) is 0.693. The van der Waals surface area contributed by atoms with Crippen molar-refractivity contribution in [2.75, 3.05) is 7.05 Å². The first-order chi connectivity index (χ1) is 12.6. The van der Waals surface area contributed by atoms with Gasteiger partial charge < -0.3 is 15.0 Å². The van der Waals surface area contributed by atoms with Crippen LogP contribution < -0.4 is 10.1 Å². The Morgan fingerprint density at radius 3 is 2.62 bits per heavy atom. The minimum atomic E-state index is -0.148. The summed E-state index contributed by atoms with van der Waals surface area (Å²) in [4.78, 5) is 18.4. The number of aryl methyl sites for hydroxylation is 1. The molecule has 0 unspecified atom stereocenters. The van der Waals surface area contributed by atoms with Crippen LogP contribution in [-0.2, 0) is 13.1 Å². The fraction of sp³-hybridized carbons (Fsp3) is 0.200. The molecule has 0 aliphatic rings. The molecule has 0 saturated carbocycles. The molecule has 26 heavy (non-hydrogen) atoms. The second-order valence-electron chi connectivity index (χ2n) is 5.90. The summed E-state index contributed by atoms with van der Waals surface area (Å²) in [7, 11) is 1.76. The molecule has 0 bridgehead atoms. The molecular formula is C20H21N3O2S. The van der Waals surface area contributed by atoms with Crippen LogP contribution >= 0.6 is 11.3 Å². The van der Waals surface area contributed by atoms with Crippen molar-refractivity contribution < 1.29 is 9.53 Å². The number of urea groups is 1. The summed E-state index contributed by atoms with van der Waals surface area (Å²) in [5.41, 5.74) is 1.82. The highest BCUT2D eigenvalue weighted by molar-refractivity contribution is 7.09. The Hall–Kier alpha value is -2.86. The van der Waals surface area contributed by atoms with Gasteiger partial charge in [-0.05, 0) is 25.1 Å². The van der Waals surface area contributed by atoms with Gasteiger partial charge in [-0.3, -0.25) is 0 Å². The lowest BCUT2D eigenvalue weighted by Gasteiger charge is -2.18. The van der Waals surface area contributed by atoms with E-state index in [1.165, 1.54) is 0 Å². The molecule has 1 heterocycles. The topological polar surface area (TPSA) is 54.5 Å². The van der Waals surface area contributed by atoms with Crippen LogP contribution in [0.25, 0.3) is 0 Å². The van der Waals surface area contributed by atoms with E-state index in [9.17, 15) is 4.79 Å². The van der Waals surface area contributed by atoms with Crippen LogP contribution in [0.15, 0.2) is 60.0 Å². The number of nitrogens with one attached hydrogen (secondary N) is 1. The normalized spacial score (nSPS) is 10.4. The second-order valence-corrected chi connectivity index (χ2v) is 6.96. The third-order valence-corrected chi connectivity index (χ3v) is 4.61. The van der Waals surface area contributed by atoms with E-state index in [1.54, 1.807) is 23.3 Å². The number of para-hydroxylation sites is 2. The second kappa shape index (κ2) is 8.49.